The van der Waals surface area contributed by atoms with Crippen LogP contribution in [0.3, 0.4) is 0 Å². The molecule has 0 fully saturated rings. The Hall–Kier alpha value is -3.64. The molecule has 0 atom stereocenters. The Kier molecular flexibility index (Phi) is 4.78. The number of amides is 3. The summed E-state index contributed by atoms with van der Waals surface area (Å²) in [6.07, 6.45) is 0. The normalized spacial score (nSPS) is 12.7. The van der Waals surface area contributed by atoms with Gasteiger partial charge in [0.15, 0.2) is 0 Å². The van der Waals surface area contributed by atoms with Gasteiger partial charge in [-0.15, -0.1) is 0 Å². The zero-order chi connectivity index (χ0) is 20.5. The molecule has 7 heteroatoms. The average molecular weight is 407 g/mol. The van der Waals surface area contributed by atoms with Gasteiger partial charge >= 0.3 is 0 Å². The van der Waals surface area contributed by atoms with Crippen molar-refractivity contribution in [1.82, 2.24) is 0 Å². The third kappa shape index (κ3) is 3.58. The van der Waals surface area contributed by atoms with Gasteiger partial charge in [0.25, 0.3) is 11.8 Å². The van der Waals surface area contributed by atoms with Crippen molar-refractivity contribution in [3.63, 3.8) is 0 Å². The number of nitrogens with one attached hydrogen (secondary N) is 1. The van der Waals surface area contributed by atoms with Gasteiger partial charge in [-0.2, -0.15) is 0 Å². The summed E-state index contributed by atoms with van der Waals surface area (Å²) in [6.45, 7) is 1.38. The lowest BCUT2D eigenvalue weighted by Gasteiger charge is -2.13. The number of imide groups is 1. The molecule has 0 radical (unpaired) electrons. The number of halogens is 1. The summed E-state index contributed by atoms with van der Waals surface area (Å²) in [6, 6.07) is 18.3. The van der Waals surface area contributed by atoms with E-state index in [0.717, 1.165) is 4.90 Å². The first kappa shape index (κ1) is 18.7. The van der Waals surface area contributed by atoms with Gasteiger partial charge in [-0.1, -0.05) is 29.8 Å². The van der Waals surface area contributed by atoms with Crippen molar-refractivity contribution < 1.29 is 19.1 Å². The van der Waals surface area contributed by atoms with Crippen molar-refractivity contribution in [1.29, 1.82) is 0 Å². The van der Waals surface area contributed by atoms with E-state index in [0.29, 0.717) is 33.5 Å². The molecule has 1 aliphatic heterocycles. The average Bonchev–Trinajstić information content (AvgIpc) is 2.95. The highest BCUT2D eigenvalue weighted by molar-refractivity contribution is 6.34. The van der Waals surface area contributed by atoms with E-state index in [1.807, 2.05) is 6.07 Å². The number of anilines is 2. The molecule has 6 nitrogen and oxygen atoms in total. The van der Waals surface area contributed by atoms with Crippen LogP contribution in [0.15, 0.2) is 66.7 Å². The maximum atomic E-state index is 12.8. The van der Waals surface area contributed by atoms with Gasteiger partial charge in [0.05, 0.1) is 27.5 Å². The molecule has 0 bridgehead atoms. The van der Waals surface area contributed by atoms with Gasteiger partial charge in [0.2, 0.25) is 5.91 Å². The number of para-hydroxylation sites is 1. The molecule has 144 valence electrons. The van der Waals surface area contributed by atoms with Crippen LogP contribution in [0.25, 0.3) is 0 Å². The summed E-state index contributed by atoms with van der Waals surface area (Å²) in [7, 11) is 0. The third-order valence-electron chi connectivity index (χ3n) is 4.36. The first-order valence-electron chi connectivity index (χ1n) is 8.77. The highest BCUT2D eigenvalue weighted by Gasteiger charge is 2.36. The summed E-state index contributed by atoms with van der Waals surface area (Å²) in [4.78, 5) is 37.9. The molecule has 29 heavy (non-hydrogen) atoms. The predicted molar refractivity (Wildman–Crippen MR) is 110 cm³/mol. The minimum atomic E-state index is -0.406. The monoisotopic (exact) mass is 406 g/mol. The highest BCUT2D eigenvalue weighted by Crippen LogP contribution is 2.34. The molecule has 1 aliphatic rings. The Balaban J connectivity index is 1.63. The maximum Gasteiger partial charge on any atom is 0.266 e. The molecular formula is C22H15ClN2O4. The molecule has 0 spiro atoms. The second-order valence-corrected chi connectivity index (χ2v) is 6.82. The van der Waals surface area contributed by atoms with E-state index in [9.17, 15) is 14.4 Å². The fourth-order valence-electron chi connectivity index (χ4n) is 3.08. The zero-order valence-electron chi connectivity index (χ0n) is 15.3. The molecule has 0 unspecified atom stereocenters. The molecule has 1 N–H and O–H groups in total. The van der Waals surface area contributed by atoms with E-state index in [4.69, 9.17) is 16.3 Å². The number of hydrogen-bond acceptors (Lipinski definition) is 4. The second kappa shape index (κ2) is 7.41. The van der Waals surface area contributed by atoms with E-state index < -0.39 is 5.91 Å². The summed E-state index contributed by atoms with van der Waals surface area (Å²) < 4.78 is 5.81. The lowest BCUT2D eigenvalue weighted by molar-refractivity contribution is -0.114. The Labute approximate surface area is 171 Å². The Bertz CT molecular complexity index is 1140. The van der Waals surface area contributed by atoms with Gasteiger partial charge in [0, 0.05) is 13.0 Å². The number of ether oxygens (including phenoxy) is 1. The number of rotatable bonds is 4. The van der Waals surface area contributed by atoms with Gasteiger partial charge in [0.1, 0.15) is 11.5 Å². The third-order valence-corrected chi connectivity index (χ3v) is 4.69. The van der Waals surface area contributed by atoms with Crippen molar-refractivity contribution >= 4 is 40.7 Å². The van der Waals surface area contributed by atoms with Crippen molar-refractivity contribution in [2.45, 2.75) is 6.92 Å². The van der Waals surface area contributed by atoms with Crippen LogP contribution in [0.5, 0.6) is 11.5 Å². The number of hydrogen-bond donors (Lipinski definition) is 1. The van der Waals surface area contributed by atoms with Crippen molar-refractivity contribution in [2.24, 2.45) is 0 Å². The summed E-state index contributed by atoms with van der Waals surface area (Å²) in [5, 5.41) is 3.00. The SMILES string of the molecule is CC(=O)Nc1cc(Oc2ccc3c(c2)C(=O)N(c2ccccc2)C3=O)ccc1Cl. The summed E-state index contributed by atoms with van der Waals surface area (Å²) in [5.74, 6) is -0.226. The van der Waals surface area contributed by atoms with E-state index in [2.05, 4.69) is 5.32 Å². The molecule has 1 heterocycles. The minimum absolute atomic E-state index is 0.258. The van der Waals surface area contributed by atoms with Crippen molar-refractivity contribution in [2.75, 3.05) is 10.2 Å². The molecule has 3 aromatic carbocycles. The van der Waals surface area contributed by atoms with Crippen LogP contribution >= 0.6 is 11.6 Å². The second-order valence-electron chi connectivity index (χ2n) is 6.41. The topological polar surface area (TPSA) is 75.7 Å². The number of nitrogens with zero attached hydrogens (tertiary/aromatic N) is 1. The minimum Gasteiger partial charge on any atom is -0.457 e. The van der Waals surface area contributed by atoms with E-state index in [-0.39, 0.29) is 17.4 Å². The van der Waals surface area contributed by atoms with Crippen molar-refractivity contribution in [3.05, 3.63) is 82.9 Å². The first-order valence-corrected chi connectivity index (χ1v) is 9.15. The predicted octanol–water partition coefficient (Wildman–Crippen LogP) is 4.89. The van der Waals surface area contributed by atoms with Crippen LogP contribution in [0.4, 0.5) is 11.4 Å². The van der Waals surface area contributed by atoms with Crippen LogP contribution < -0.4 is 15.0 Å². The van der Waals surface area contributed by atoms with Crippen molar-refractivity contribution in [3.8, 4) is 11.5 Å². The first-order chi connectivity index (χ1) is 13.9. The van der Waals surface area contributed by atoms with Crippen LogP contribution in [0.1, 0.15) is 27.6 Å². The number of fused-ring (bicyclic) bond motifs is 1. The van der Waals surface area contributed by atoms with Gasteiger partial charge < -0.3 is 10.1 Å². The molecule has 0 saturated carbocycles. The smallest absolute Gasteiger partial charge is 0.266 e. The Morgan fingerprint density at radius 2 is 1.55 bits per heavy atom. The standard InChI is InChI=1S/C22H15ClN2O4/c1-13(26)24-20-12-16(8-10-19(20)23)29-15-7-9-17-18(11-15)22(28)25(21(17)27)14-5-3-2-4-6-14/h2-12H,1H3,(H,24,26). The fraction of sp³-hybridized carbons (Fsp3) is 0.0455. The maximum absolute atomic E-state index is 12.8. The summed E-state index contributed by atoms with van der Waals surface area (Å²) >= 11 is 6.07. The van der Waals surface area contributed by atoms with Crippen LogP contribution in [0.2, 0.25) is 5.02 Å². The van der Waals surface area contributed by atoms with Gasteiger partial charge in [-0.25, -0.2) is 4.90 Å². The Morgan fingerprint density at radius 3 is 2.28 bits per heavy atom. The van der Waals surface area contributed by atoms with Crippen LogP contribution in [-0.2, 0) is 4.79 Å². The molecule has 0 aromatic heterocycles. The van der Waals surface area contributed by atoms with Gasteiger partial charge in [-0.3, -0.25) is 14.4 Å². The lowest BCUT2D eigenvalue weighted by Crippen LogP contribution is -2.29. The molecule has 4 rings (SSSR count). The molecule has 0 saturated heterocycles. The highest BCUT2D eigenvalue weighted by atomic mass is 35.5. The summed E-state index contributed by atoms with van der Waals surface area (Å²) in [5.41, 5.74) is 1.52. The molecule has 3 amide bonds. The number of carbonyl (C=O) groups is 3. The molecular weight excluding hydrogens is 392 g/mol. The van der Waals surface area contributed by atoms with E-state index in [1.165, 1.54) is 13.0 Å². The number of benzene rings is 3. The number of carbonyl (C=O) groups excluding carboxylic acids is 3. The van der Waals surface area contributed by atoms with Crippen LogP contribution in [0, 0.1) is 0 Å². The van der Waals surface area contributed by atoms with Crippen LogP contribution in [-0.4, -0.2) is 17.7 Å². The largest absolute Gasteiger partial charge is 0.457 e. The van der Waals surface area contributed by atoms with Gasteiger partial charge in [-0.05, 0) is 42.5 Å². The molecule has 0 aliphatic carbocycles. The quantitative estimate of drug-likeness (QED) is 0.626. The molecule has 3 aromatic rings. The van der Waals surface area contributed by atoms with E-state index in [1.54, 1.807) is 54.6 Å². The lowest BCUT2D eigenvalue weighted by atomic mass is 10.1. The Morgan fingerprint density at radius 1 is 0.897 bits per heavy atom. The zero-order valence-corrected chi connectivity index (χ0v) is 16.1. The fourth-order valence-corrected chi connectivity index (χ4v) is 3.25. The van der Waals surface area contributed by atoms with E-state index >= 15 is 0 Å².